The van der Waals surface area contributed by atoms with Crippen LogP contribution in [0.3, 0.4) is 0 Å². The molecule has 8 nitrogen and oxygen atoms in total. The number of nitrogen functional groups attached to an aromatic ring is 4. The first-order chi connectivity index (χ1) is 14.0. The first kappa shape index (κ1) is 20.3. The van der Waals surface area contributed by atoms with Crippen molar-refractivity contribution >= 4 is 29.1 Å². The van der Waals surface area contributed by atoms with E-state index in [-0.39, 0.29) is 0 Å². The number of benzene rings is 2. The van der Waals surface area contributed by atoms with Gasteiger partial charge in [0.2, 0.25) is 6.20 Å². The summed E-state index contributed by atoms with van der Waals surface area (Å²) in [7, 11) is 0. The lowest BCUT2D eigenvalue weighted by molar-refractivity contribution is -0.789. The lowest BCUT2D eigenvalue weighted by Gasteiger charge is -2.24. The first-order valence-electron chi connectivity index (χ1n) is 9.68. The first-order valence-corrected chi connectivity index (χ1v) is 9.68. The second kappa shape index (κ2) is 9.20. The van der Waals surface area contributed by atoms with Crippen molar-refractivity contribution in [2.75, 3.05) is 49.2 Å². The van der Waals surface area contributed by atoms with Crippen LogP contribution in [0.25, 0.3) is 0 Å². The molecule has 0 saturated carbocycles. The molecule has 3 rings (SSSR count). The molecule has 0 saturated heterocycles. The quantitative estimate of drug-likeness (QED) is 0.227. The SMILES string of the molecule is Nc1ccc(N)c(OCCC[N+]2(CCCOc3cc(N)ccc3N)C=C[NH+]=C2)c1. The van der Waals surface area contributed by atoms with Crippen molar-refractivity contribution in [3.63, 3.8) is 0 Å². The molecule has 2 aromatic carbocycles. The van der Waals surface area contributed by atoms with Crippen LogP contribution in [0.15, 0.2) is 48.8 Å². The third-order valence-corrected chi connectivity index (χ3v) is 4.83. The van der Waals surface area contributed by atoms with Gasteiger partial charge in [-0.2, -0.15) is 4.99 Å². The van der Waals surface area contributed by atoms with Gasteiger partial charge in [0, 0.05) is 36.3 Å². The molecule has 0 atom stereocenters. The van der Waals surface area contributed by atoms with E-state index in [9.17, 15) is 0 Å². The minimum atomic E-state index is 0.561. The largest absolute Gasteiger partial charge is 0.491 e. The van der Waals surface area contributed by atoms with Gasteiger partial charge in [0.05, 0.1) is 37.7 Å². The van der Waals surface area contributed by atoms with E-state index in [1.165, 1.54) is 0 Å². The van der Waals surface area contributed by atoms with Gasteiger partial charge in [0.15, 0.2) is 6.20 Å². The number of nitrogens with zero attached hydrogens (tertiary/aromatic N) is 1. The average Bonchev–Trinajstić information content (AvgIpc) is 3.16. The Bertz CT molecular complexity index is 823. The van der Waals surface area contributed by atoms with Crippen LogP contribution >= 0.6 is 0 Å². The van der Waals surface area contributed by atoms with Gasteiger partial charge in [-0.15, -0.1) is 0 Å². The van der Waals surface area contributed by atoms with Crippen LogP contribution in [0, 0.1) is 0 Å². The van der Waals surface area contributed by atoms with Crippen molar-refractivity contribution in [2.45, 2.75) is 12.8 Å². The zero-order valence-corrected chi connectivity index (χ0v) is 16.5. The molecule has 0 radical (unpaired) electrons. The van der Waals surface area contributed by atoms with Crippen LogP contribution in [0.4, 0.5) is 22.7 Å². The lowest BCUT2D eigenvalue weighted by atomic mass is 10.2. The van der Waals surface area contributed by atoms with E-state index in [0.717, 1.165) is 25.9 Å². The Morgan fingerprint density at radius 3 is 1.72 bits per heavy atom. The highest BCUT2D eigenvalue weighted by atomic mass is 16.5. The number of quaternary nitrogens is 1. The van der Waals surface area contributed by atoms with E-state index in [0.29, 0.717) is 51.9 Å². The van der Waals surface area contributed by atoms with Crippen molar-refractivity contribution in [1.29, 1.82) is 0 Å². The maximum absolute atomic E-state index is 5.93. The molecule has 9 N–H and O–H groups in total. The number of anilines is 4. The molecule has 0 bridgehead atoms. The maximum Gasteiger partial charge on any atom is 0.335 e. The highest BCUT2D eigenvalue weighted by molar-refractivity contribution is 5.60. The molecule has 2 aromatic rings. The number of nitrogens with two attached hydrogens (primary N) is 4. The number of hydrogen-bond donors (Lipinski definition) is 5. The van der Waals surface area contributed by atoms with Crippen molar-refractivity contribution in [3.8, 4) is 11.5 Å². The number of nitrogens with one attached hydrogen (secondary N) is 1. The van der Waals surface area contributed by atoms with Crippen LogP contribution in [0.1, 0.15) is 12.8 Å². The van der Waals surface area contributed by atoms with Crippen LogP contribution in [-0.2, 0) is 0 Å². The molecule has 0 spiro atoms. The highest BCUT2D eigenvalue weighted by Gasteiger charge is 2.29. The number of ether oxygens (including phenoxy) is 2. The molecule has 1 aliphatic rings. The minimum Gasteiger partial charge on any atom is -0.491 e. The number of rotatable bonds is 10. The van der Waals surface area contributed by atoms with E-state index in [2.05, 4.69) is 17.5 Å². The zero-order valence-electron chi connectivity index (χ0n) is 16.5. The summed E-state index contributed by atoms with van der Waals surface area (Å²) in [6.07, 6.45) is 7.89. The molecule has 0 unspecified atom stereocenters. The van der Waals surface area contributed by atoms with Gasteiger partial charge in [-0.05, 0) is 24.3 Å². The predicted octanol–water partition coefficient (Wildman–Crippen LogP) is 0.664. The molecular formula is C21H30N6O2+2. The Labute approximate surface area is 171 Å². The van der Waals surface area contributed by atoms with Gasteiger partial charge in [0.1, 0.15) is 11.5 Å². The Morgan fingerprint density at radius 1 is 0.759 bits per heavy atom. The maximum atomic E-state index is 5.93. The Hall–Kier alpha value is -3.39. The summed E-state index contributed by atoms with van der Waals surface area (Å²) in [5.41, 5.74) is 25.9. The van der Waals surface area contributed by atoms with Gasteiger partial charge < -0.3 is 32.4 Å². The Balaban J connectivity index is 1.45. The smallest absolute Gasteiger partial charge is 0.335 e. The molecule has 0 fully saturated rings. The normalized spacial score (nSPS) is 14.2. The summed E-state index contributed by atoms with van der Waals surface area (Å²) < 4.78 is 12.3. The van der Waals surface area contributed by atoms with Crippen LogP contribution in [0.5, 0.6) is 11.5 Å². The fourth-order valence-corrected chi connectivity index (χ4v) is 3.25. The van der Waals surface area contributed by atoms with E-state index < -0.39 is 0 Å². The van der Waals surface area contributed by atoms with Gasteiger partial charge >= 0.3 is 6.34 Å². The van der Waals surface area contributed by atoms with E-state index >= 15 is 0 Å². The second-order valence-corrected chi connectivity index (χ2v) is 7.16. The second-order valence-electron chi connectivity index (χ2n) is 7.16. The third kappa shape index (κ3) is 5.55. The fourth-order valence-electron chi connectivity index (χ4n) is 3.25. The third-order valence-electron chi connectivity index (χ3n) is 4.83. The number of hydrogen-bond acceptors (Lipinski definition) is 6. The summed E-state index contributed by atoms with van der Waals surface area (Å²) in [6, 6.07) is 10.5. The van der Waals surface area contributed by atoms with E-state index in [1.54, 1.807) is 36.4 Å². The average molecular weight is 399 g/mol. The molecule has 1 heterocycles. The Kier molecular flexibility index (Phi) is 6.46. The molecular weight excluding hydrogens is 368 g/mol. The topological polar surface area (TPSA) is 137 Å². The molecule has 8 heteroatoms. The molecule has 0 amide bonds. The summed E-state index contributed by atoms with van der Waals surface area (Å²) in [6.45, 7) is 2.91. The molecule has 154 valence electrons. The summed E-state index contributed by atoms with van der Waals surface area (Å²) >= 11 is 0. The van der Waals surface area contributed by atoms with Crippen molar-refractivity contribution < 1.29 is 18.9 Å². The summed E-state index contributed by atoms with van der Waals surface area (Å²) in [5, 5.41) is 0. The van der Waals surface area contributed by atoms with Gasteiger partial charge in [-0.3, -0.25) is 0 Å². The van der Waals surface area contributed by atoms with Gasteiger partial charge in [-0.25, -0.2) is 4.48 Å². The van der Waals surface area contributed by atoms with Crippen molar-refractivity contribution in [3.05, 3.63) is 48.8 Å². The highest BCUT2D eigenvalue weighted by Crippen LogP contribution is 2.25. The van der Waals surface area contributed by atoms with Crippen molar-refractivity contribution in [1.82, 2.24) is 0 Å². The summed E-state index contributed by atoms with van der Waals surface area (Å²) in [4.78, 5) is 3.18. The monoisotopic (exact) mass is 398 g/mol. The van der Waals surface area contributed by atoms with E-state index in [1.807, 2.05) is 6.20 Å². The van der Waals surface area contributed by atoms with E-state index in [4.69, 9.17) is 32.4 Å². The summed E-state index contributed by atoms with van der Waals surface area (Å²) in [5.74, 6) is 1.26. The molecule has 1 aliphatic heterocycles. The zero-order chi connectivity index (χ0) is 20.7. The van der Waals surface area contributed by atoms with Crippen LogP contribution in [-0.4, -0.2) is 37.1 Å². The minimum absolute atomic E-state index is 0.561. The van der Waals surface area contributed by atoms with Gasteiger partial charge in [0.25, 0.3) is 0 Å². The molecule has 29 heavy (non-hydrogen) atoms. The fraction of sp³-hybridized carbons (Fsp3) is 0.286. The van der Waals surface area contributed by atoms with Crippen molar-refractivity contribution in [2.24, 2.45) is 0 Å². The predicted molar refractivity (Wildman–Crippen MR) is 117 cm³/mol. The lowest BCUT2D eigenvalue weighted by Crippen LogP contribution is -2.63. The van der Waals surface area contributed by atoms with Crippen LogP contribution < -0.4 is 37.4 Å². The Morgan fingerprint density at radius 2 is 1.28 bits per heavy atom. The standard InChI is InChI=1S/C21H29N6O2/c22-16-3-5-18(24)20(13-16)28-11-1-8-27(10-7-26-15-27)9-2-12-29-21-14-17(23)4-6-19(21)25/h3-7,10,13-15H,1-2,8-9,11-12,22-25H2/q+1/p+1. The molecule has 0 aliphatic carbocycles. The van der Waals surface area contributed by atoms with Crippen LogP contribution in [0.2, 0.25) is 0 Å². The van der Waals surface area contributed by atoms with Gasteiger partial charge in [-0.1, -0.05) is 0 Å². The molecule has 0 aromatic heterocycles.